The van der Waals surface area contributed by atoms with Gasteiger partial charge in [-0.25, -0.2) is 0 Å². The first-order chi connectivity index (χ1) is 8.25. The fourth-order valence-electron chi connectivity index (χ4n) is 3.21. The first-order valence-corrected chi connectivity index (χ1v) is 7.26. The van der Waals surface area contributed by atoms with Crippen LogP contribution >= 0.6 is 0 Å². The Kier molecular flexibility index (Phi) is 4.84. The zero-order valence-corrected chi connectivity index (χ0v) is 11.0. The predicted molar refractivity (Wildman–Crippen MR) is 69.8 cm³/mol. The van der Waals surface area contributed by atoms with E-state index in [1.54, 1.807) is 0 Å². The number of rotatable bonds is 4. The molecule has 3 nitrogen and oxygen atoms in total. The van der Waals surface area contributed by atoms with E-state index in [0.717, 1.165) is 19.5 Å². The van der Waals surface area contributed by atoms with Crippen LogP contribution in [-0.4, -0.2) is 25.0 Å². The molecule has 17 heavy (non-hydrogen) atoms. The van der Waals surface area contributed by atoms with Crippen molar-refractivity contribution in [2.75, 3.05) is 13.1 Å². The number of amides is 1. The van der Waals surface area contributed by atoms with Crippen molar-refractivity contribution in [2.45, 2.75) is 57.9 Å². The van der Waals surface area contributed by atoms with Crippen LogP contribution in [0.25, 0.3) is 0 Å². The molecular formula is C14H26N2O. The lowest BCUT2D eigenvalue weighted by atomic mass is 9.92. The van der Waals surface area contributed by atoms with Crippen molar-refractivity contribution in [1.29, 1.82) is 0 Å². The molecule has 2 aliphatic rings. The Morgan fingerprint density at radius 3 is 2.71 bits per heavy atom. The summed E-state index contributed by atoms with van der Waals surface area (Å²) in [7, 11) is 0. The number of hydrogen-bond acceptors (Lipinski definition) is 2. The van der Waals surface area contributed by atoms with E-state index < -0.39 is 0 Å². The molecule has 0 aromatic carbocycles. The molecule has 0 bridgehead atoms. The highest BCUT2D eigenvalue weighted by Gasteiger charge is 2.23. The number of nitrogens with one attached hydrogen (secondary N) is 2. The van der Waals surface area contributed by atoms with Gasteiger partial charge in [0.15, 0.2) is 0 Å². The molecule has 2 rings (SSSR count). The Morgan fingerprint density at radius 2 is 2.06 bits per heavy atom. The highest BCUT2D eigenvalue weighted by molar-refractivity contribution is 5.76. The summed E-state index contributed by atoms with van der Waals surface area (Å²) in [6.45, 7) is 4.36. The predicted octanol–water partition coefficient (Wildman–Crippen LogP) is 2.07. The molecule has 0 spiro atoms. The summed E-state index contributed by atoms with van der Waals surface area (Å²) in [5.74, 6) is 1.55. The molecule has 1 aliphatic heterocycles. The van der Waals surface area contributed by atoms with Crippen molar-refractivity contribution >= 4 is 5.91 Å². The van der Waals surface area contributed by atoms with Crippen LogP contribution in [0, 0.1) is 11.8 Å². The van der Waals surface area contributed by atoms with Gasteiger partial charge in [0.2, 0.25) is 5.91 Å². The van der Waals surface area contributed by atoms with Crippen LogP contribution in [0.2, 0.25) is 0 Å². The lowest BCUT2D eigenvalue weighted by Gasteiger charge is -2.29. The van der Waals surface area contributed by atoms with Gasteiger partial charge in [-0.1, -0.05) is 12.8 Å². The molecule has 2 unspecified atom stereocenters. The van der Waals surface area contributed by atoms with Crippen LogP contribution in [0.5, 0.6) is 0 Å². The van der Waals surface area contributed by atoms with Gasteiger partial charge >= 0.3 is 0 Å². The summed E-state index contributed by atoms with van der Waals surface area (Å²) in [6, 6.07) is 0.330. The molecule has 2 atom stereocenters. The Hall–Kier alpha value is -0.570. The van der Waals surface area contributed by atoms with E-state index in [0.29, 0.717) is 17.9 Å². The quantitative estimate of drug-likeness (QED) is 0.787. The molecule has 0 aromatic rings. The first-order valence-electron chi connectivity index (χ1n) is 7.26. The minimum Gasteiger partial charge on any atom is -0.353 e. The van der Waals surface area contributed by atoms with Crippen molar-refractivity contribution in [1.82, 2.24) is 10.6 Å². The summed E-state index contributed by atoms with van der Waals surface area (Å²) < 4.78 is 0. The highest BCUT2D eigenvalue weighted by atomic mass is 16.1. The van der Waals surface area contributed by atoms with Gasteiger partial charge in [-0.3, -0.25) is 4.79 Å². The Labute approximate surface area is 105 Å². The lowest BCUT2D eigenvalue weighted by molar-refractivity contribution is -0.123. The minimum absolute atomic E-state index is 0.273. The topological polar surface area (TPSA) is 41.1 Å². The third-order valence-corrected chi connectivity index (χ3v) is 4.38. The summed E-state index contributed by atoms with van der Waals surface area (Å²) >= 11 is 0. The highest BCUT2D eigenvalue weighted by Crippen LogP contribution is 2.27. The van der Waals surface area contributed by atoms with Crippen molar-refractivity contribution in [3.63, 3.8) is 0 Å². The number of hydrogen-bond donors (Lipinski definition) is 2. The second-order valence-electron chi connectivity index (χ2n) is 5.82. The summed E-state index contributed by atoms with van der Waals surface area (Å²) in [6.07, 6.45) is 8.40. The maximum atomic E-state index is 11.9. The molecule has 0 aromatic heterocycles. The van der Waals surface area contributed by atoms with E-state index in [4.69, 9.17) is 0 Å². The van der Waals surface area contributed by atoms with Gasteiger partial charge in [0, 0.05) is 12.5 Å². The standard InChI is InChI=1S/C14H26N2O/c1-11(13-7-4-8-15-10-13)16-14(17)9-12-5-2-3-6-12/h11-13,15H,2-10H2,1H3,(H,16,17). The van der Waals surface area contributed by atoms with Crippen molar-refractivity contribution < 1.29 is 4.79 Å². The SMILES string of the molecule is CC(NC(=O)CC1CCCC1)C1CCCNC1. The van der Waals surface area contributed by atoms with Crippen molar-refractivity contribution in [3.05, 3.63) is 0 Å². The van der Waals surface area contributed by atoms with E-state index in [9.17, 15) is 4.79 Å². The third-order valence-electron chi connectivity index (χ3n) is 4.38. The molecule has 3 heteroatoms. The van der Waals surface area contributed by atoms with E-state index >= 15 is 0 Å². The van der Waals surface area contributed by atoms with E-state index in [2.05, 4.69) is 17.6 Å². The van der Waals surface area contributed by atoms with Crippen LogP contribution in [-0.2, 0) is 4.79 Å². The molecule has 1 saturated carbocycles. The zero-order chi connectivity index (χ0) is 12.1. The molecule has 0 radical (unpaired) electrons. The summed E-state index contributed by atoms with van der Waals surface area (Å²) in [5.41, 5.74) is 0. The number of carbonyl (C=O) groups excluding carboxylic acids is 1. The second-order valence-corrected chi connectivity index (χ2v) is 5.82. The van der Waals surface area contributed by atoms with Crippen molar-refractivity contribution in [3.8, 4) is 0 Å². The van der Waals surface area contributed by atoms with Gasteiger partial charge < -0.3 is 10.6 Å². The van der Waals surface area contributed by atoms with E-state index in [1.807, 2.05) is 0 Å². The molecule has 98 valence electrons. The van der Waals surface area contributed by atoms with Gasteiger partial charge in [-0.15, -0.1) is 0 Å². The average molecular weight is 238 g/mol. The summed E-state index contributed by atoms with van der Waals surface area (Å²) in [4.78, 5) is 11.9. The van der Waals surface area contributed by atoms with Crippen molar-refractivity contribution in [2.24, 2.45) is 11.8 Å². The Bertz CT molecular complexity index is 243. The largest absolute Gasteiger partial charge is 0.353 e. The van der Waals surface area contributed by atoms with Crippen LogP contribution in [0.1, 0.15) is 51.9 Å². The van der Waals surface area contributed by atoms with Gasteiger partial charge in [-0.05, 0) is 57.5 Å². The van der Waals surface area contributed by atoms with Crippen LogP contribution in [0.3, 0.4) is 0 Å². The summed E-state index contributed by atoms with van der Waals surface area (Å²) in [5, 5.41) is 6.61. The van der Waals surface area contributed by atoms with Gasteiger partial charge in [0.1, 0.15) is 0 Å². The Morgan fingerprint density at radius 1 is 1.29 bits per heavy atom. The van der Waals surface area contributed by atoms with Gasteiger partial charge in [0.25, 0.3) is 0 Å². The number of piperidine rings is 1. The maximum absolute atomic E-state index is 11.9. The third kappa shape index (κ3) is 3.98. The van der Waals surface area contributed by atoms with Crippen LogP contribution < -0.4 is 10.6 Å². The smallest absolute Gasteiger partial charge is 0.220 e. The lowest BCUT2D eigenvalue weighted by Crippen LogP contribution is -2.44. The van der Waals surface area contributed by atoms with Crippen LogP contribution in [0.4, 0.5) is 0 Å². The molecule has 1 saturated heterocycles. The first kappa shape index (κ1) is 12.9. The van der Waals surface area contributed by atoms with Crippen LogP contribution in [0.15, 0.2) is 0 Å². The molecule has 2 fully saturated rings. The minimum atomic E-state index is 0.273. The average Bonchev–Trinajstić information content (AvgIpc) is 2.82. The fourth-order valence-corrected chi connectivity index (χ4v) is 3.21. The molecule has 1 aliphatic carbocycles. The molecule has 2 N–H and O–H groups in total. The van der Waals surface area contributed by atoms with E-state index in [1.165, 1.54) is 38.5 Å². The number of carbonyl (C=O) groups is 1. The van der Waals surface area contributed by atoms with Gasteiger partial charge in [0.05, 0.1) is 0 Å². The zero-order valence-electron chi connectivity index (χ0n) is 11.0. The monoisotopic (exact) mass is 238 g/mol. The molecular weight excluding hydrogens is 212 g/mol. The fraction of sp³-hybridized carbons (Fsp3) is 0.929. The van der Waals surface area contributed by atoms with Gasteiger partial charge in [-0.2, -0.15) is 0 Å². The molecule has 1 amide bonds. The second kappa shape index (κ2) is 6.39. The Balaban J connectivity index is 1.69. The normalized spacial score (nSPS) is 27.9. The van der Waals surface area contributed by atoms with E-state index in [-0.39, 0.29) is 5.91 Å². The maximum Gasteiger partial charge on any atom is 0.220 e. The molecule has 1 heterocycles.